The Morgan fingerprint density at radius 1 is 0.387 bits per heavy atom. The molecule has 19 heteroatoms. The van der Waals surface area contributed by atoms with Gasteiger partial charge in [0.15, 0.2) is 18.9 Å². The van der Waals surface area contributed by atoms with E-state index in [1.807, 2.05) is 6.08 Å². The normalized spacial score (nSPS) is 27.9. The molecule has 0 saturated carbocycles. The van der Waals surface area contributed by atoms with Gasteiger partial charge in [0.25, 0.3) is 0 Å². The van der Waals surface area contributed by atoms with E-state index in [0.717, 1.165) is 51.4 Å². The van der Waals surface area contributed by atoms with E-state index in [9.17, 15) is 61.0 Å². The lowest BCUT2D eigenvalue weighted by molar-refractivity contribution is -0.379. The molecule has 0 aromatic rings. The molecule has 0 aromatic heterocycles. The highest BCUT2D eigenvalue weighted by Crippen LogP contribution is 2.33. The summed E-state index contributed by atoms with van der Waals surface area (Å²) in [6, 6.07) is -0.990. The molecule has 542 valence electrons. The summed E-state index contributed by atoms with van der Waals surface area (Å²) in [6.07, 6.45) is 42.3. The number of carbonyl (C=O) groups excluding carboxylic acids is 1. The van der Waals surface area contributed by atoms with Gasteiger partial charge in [0, 0.05) is 6.42 Å². The summed E-state index contributed by atoms with van der Waals surface area (Å²) in [5.41, 5.74) is 0. The van der Waals surface area contributed by atoms with Gasteiger partial charge in [-0.2, -0.15) is 0 Å². The molecule has 17 atom stereocenters. The number of ether oxygens (including phenoxy) is 6. The minimum atomic E-state index is -1.98. The number of rotatable bonds is 57. The van der Waals surface area contributed by atoms with Crippen LogP contribution < -0.4 is 5.32 Å². The molecule has 3 saturated heterocycles. The minimum Gasteiger partial charge on any atom is -0.394 e. The van der Waals surface area contributed by atoms with Crippen LogP contribution in [0.5, 0.6) is 0 Å². The molecule has 0 bridgehead atoms. The molecule has 12 N–H and O–H groups in total. The summed E-state index contributed by atoms with van der Waals surface area (Å²) in [7, 11) is 0. The predicted molar refractivity (Wildman–Crippen MR) is 365 cm³/mol. The zero-order valence-electron chi connectivity index (χ0n) is 57.5. The predicted octanol–water partition coefficient (Wildman–Crippen LogP) is 10.7. The van der Waals surface area contributed by atoms with Crippen LogP contribution in [-0.2, 0) is 33.2 Å². The zero-order chi connectivity index (χ0) is 67.5. The number of allylic oxidation sites excluding steroid dienone is 9. The number of aliphatic hydroxyl groups is 11. The Balaban J connectivity index is 1.33. The molecule has 0 aliphatic carbocycles. The van der Waals surface area contributed by atoms with Crippen molar-refractivity contribution in [2.45, 2.75) is 375 Å². The molecular formula is C74H133NO18. The van der Waals surface area contributed by atoms with Crippen molar-refractivity contribution < 1.29 is 89.4 Å². The first kappa shape index (κ1) is 84.7. The number of carbonyl (C=O) groups is 1. The second-order valence-corrected chi connectivity index (χ2v) is 26.4. The summed E-state index contributed by atoms with van der Waals surface area (Å²) < 4.78 is 34.3. The van der Waals surface area contributed by atoms with Crippen molar-refractivity contribution in [2.75, 3.05) is 26.4 Å². The van der Waals surface area contributed by atoms with Gasteiger partial charge >= 0.3 is 0 Å². The molecule has 93 heavy (non-hydrogen) atoms. The van der Waals surface area contributed by atoms with Gasteiger partial charge in [0.05, 0.1) is 38.6 Å². The van der Waals surface area contributed by atoms with Crippen LogP contribution in [0, 0.1) is 0 Å². The number of hydrogen-bond donors (Lipinski definition) is 12. The van der Waals surface area contributed by atoms with E-state index in [2.05, 4.69) is 67.8 Å². The molecule has 3 heterocycles. The van der Waals surface area contributed by atoms with E-state index in [4.69, 9.17) is 28.4 Å². The van der Waals surface area contributed by atoms with Crippen molar-refractivity contribution in [3.05, 3.63) is 60.8 Å². The largest absolute Gasteiger partial charge is 0.394 e. The minimum absolute atomic E-state index is 0.236. The summed E-state index contributed by atoms with van der Waals surface area (Å²) in [5.74, 6) is -0.284. The molecule has 3 aliphatic rings. The summed E-state index contributed by atoms with van der Waals surface area (Å²) in [6.45, 7) is 1.69. The first-order valence-electron chi connectivity index (χ1n) is 37.0. The summed E-state index contributed by atoms with van der Waals surface area (Å²) in [5, 5.41) is 120. The van der Waals surface area contributed by atoms with Crippen molar-refractivity contribution in [2.24, 2.45) is 0 Å². The van der Waals surface area contributed by atoms with Crippen molar-refractivity contribution in [3.63, 3.8) is 0 Å². The molecule has 17 unspecified atom stereocenters. The maximum absolute atomic E-state index is 13.4. The number of unbranched alkanes of at least 4 members (excludes halogenated alkanes) is 33. The van der Waals surface area contributed by atoms with Gasteiger partial charge in [-0.15, -0.1) is 0 Å². The fraction of sp³-hybridized carbons (Fsp3) is 0.851. The van der Waals surface area contributed by atoms with Gasteiger partial charge in [-0.05, 0) is 70.6 Å². The van der Waals surface area contributed by atoms with Gasteiger partial charge in [-0.3, -0.25) is 4.79 Å². The molecular weight excluding hydrogens is 1190 g/mol. The summed E-state index contributed by atoms with van der Waals surface area (Å²) in [4.78, 5) is 13.4. The third-order valence-corrected chi connectivity index (χ3v) is 18.3. The van der Waals surface area contributed by atoms with Crippen LogP contribution in [0.15, 0.2) is 60.8 Å². The van der Waals surface area contributed by atoms with Gasteiger partial charge in [0.2, 0.25) is 5.91 Å². The van der Waals surface area contributed by atoms with Gasteiger partial charge < -0.3 is 89.9 Å². The van der Waals surface area contributed by atoms with Gasteiger partial charge in [-0.25, -0.2) is 0 Å². The lowest BCUT2D eigenvalue weighted by Gasteiger charge is -2.48. The molecule has 0 spiro atoms. The average molecular weight is 1320 g/mol. The van der Waals surface area contributed by atoms with E-state index in [0.29, 0.717) is 12.8 Å². The van der Waals surface area contributed by atoms with Crippen LogP contribution in [0.25, 0.3) is 0 Å². The van der Waals surface area contributed by atoms with Crippen LogP contribution in [0.1, 0.15) is 271 Å². The Morgan fingerprint density at radius 2 is 0.720 bits per heavy atom. The van der Waals surface area contributed by atoms with Crippen LogP contribution in [0.3, 0.4) is 0 Å². The van der Waals surface area contributed by atoms with Crippen molar-refractivity contribution in [3.8, 4) is 0 Å². The zero-order valence-corrected chi connectivity index (χ0v) is 57.5. The van der Waals surface area contributed by atoms with E-state index in [1.165, 1.54) is 186 Å². The summed E-state index contributed by atoms with van der Waals surface area (Å²) >= 11 is 0. The van der Waals surface area contributed by atoms with Crippen LogP contribution >= 0.6 is 0 Å². The van der Waals surface area contributed by atoms with Crippen LogP contribution in [0.4, 0.5) is 0 Å². The Bertz CT molecular complexity index is 1920. The third kappa shape index (κ3) is 36.8. The second-order valence-electron chi connectivity index (χ2n) is 26.4. The van der Waals surface area contributed by atoms with Crippen molar-refractivity contribution in [1.82, 2.24) is 5.32 Å². The monoisotopic (exact) mass is 1320 g/mol. The Morgan fingerprint density at radius 3 is 1.15 bits per heavy atom. The molecule has 19 nitrogen and oxygen atoms in total. The number of aliphatic hydroxyl groups excluding tert-OH is 11. The first-order chi connectivity index (χ1) is 45.3. The quantitative estimate of drug-likeness (QED) is 0.0199. The molecule has 3 rings (SSSR count). The fourth-order valence-corrected chi connectivity index (χ4v) is 12.3. The van der Waals surface area contributed by atoms with Crippen LogP contribution in [0.2, 0.25) is 0 Å². The fourth-order valence-electron chi connectivity index (χ4n) is 12.3. The SMILES string of the molecule is CCCCCCC/C=C\C/C=C\C/C=C\CCCCCCCCCCCCCCCCCCCCCCC(=O)NC(COC1OC(CO)C(OC2OC(CO)C(OC3OC(CO)C(O)C(O)C3O)C(O)C2O)C(O)C1O)C(O)/C=C/CC/C=C/CCCCCCCCC. The van der Waals surface area contributed by atoms with E-state index in [-0.39, 0.29) is 18.9 Å². The molecule has 1 amide bonds. The lowest BCUT2D eigenvalue weighted by Crippen LogP contribution is -2.66. The van der Waals surface area contributed by atoms with E-state index >= 15 is 0 Å². The highest BCUT2D eigenvalue weighted by atomic mass is 16.8. The van der Waals surface area contributed by atoms with Crippen molar-refractivity contribution >= 4 is 5.91 Å². The Kier molecular flexibility index (Phi) is 50.4. The van der Waals surface area contributed by atoms with E-state index in [1.54, 1.807) is 6.08 Å². The standard InChI is InChI=1S/C74H133NO18/c1-3-5-7-9-11-13-15-17-18-19-20-21-22-23-24-25-26-27-28-29-30-31-32-33-34-35-36-37-38-40-42-44-46-48-50-52-62(80)75-57(58(79)51-49-47-45-43-41-39-16-14-12-10-8-6-4-2)56-88-72-68(86)65(83)70(60(54-77)90-72)93-74-69(87)66(84)71(61(55-78)91-74)92-73-67(85)64(82)63(81)59(53-76)89-73/h15,17,19-20,22-23,41,43,49,51,57-61,63-74,76-79,81-87H,3-14,16,18,21,24-40,42,44-48,50,52-56H2,1-2H3,(H,75,80)/b17-15-,20-19-,23-22-,43-41+,51-49+. The number of amides is 1. The molecule has 3 fully saturated rings. The maximum atomic E-state index is 13.4. The smallest absolute Gasteiger partial charge is 0.220 e. The van der Waals surface area contributed by atoms with Gasteiger partial charge in [-0.1, -0.05) is 254 Å². The Hall–Kier alpha value is -2.51. The van der Waals surface area contributed by atoms with Gasteiger partial charge in [0.1, 0.15) is 73.2 Å². The van der Waals surface area contributed by atoms with Crippen molar-refractivity contribution in [1.29, 1.82) is 0 Å². The number of nitrogens with one attached hydrogen (secondary N) is 1. The molecule has 0 aromatic carbocycles. The average Bonchev–Trinajstić information content (AvgIpc) is 0.842. The van der Waals surface area contributed by atoms with Crippen LogP contribution in [-0.4, -0.2) is 193 Å². The molecule has 3 aliphatic heterocycles. The number of hydrogen-bond acceptors (Lipinski definition) is 18. The second kappa shape index (κ2) is 55.4. The highest BCUT2D eigenvalue weighted by Gasteiger charge is 2.53. The maximum Gasteiger partial charge on any atom is 0.220 e. The topological polar surface area (TPSA) is 307 Å². The molecule has 0 radical (unpaired) electrons. The third-order valence-electron chi connectivity index (χ3n) is 18.3. The first-order valence-corrected chi connectivity index (χ1v) is 37.0. The van der Waals surface area contributed by atoms with E-state index < -0.39 is 124 Å². The highest BCUT2D eigenvalue weighted by molar-refractivity contribution is 5.76. The lowest BCUT2D eigenvalue weighted by atomic mass is 9.96. The Labute approximate surface area is 560 Å².